The second-order valence-electron chi connectivity index (χ2n) is 4.26. The van der Waals surface area contributed by atoms with E-state index in [0.29, 0.717) is 15.6 Å². The van der Waals surface area contributed by atoms with E-state index in [0.717, 1.165) is 0 Å². The zero-order chi connectivity index (χ0) is 16.3. The molecule has 0 aliphatic rings. The molecule has 0 saturated heterocycles. The van der Waals surface area contributed by atoms with Gasteiger partial charge < -0.3 is 9.47 Å². The third-order valence-electron chi connectivity index (χ3n) is 2.77. The lowest BCUT2D eigenvalue weighted by atomic mass is 9.99. The molecule has 0 saturated carbocycles. The third-order valence-corrected chi connectivity index (χ3v) is 3.26. The molecule has 116 valence electrons. The van der Waals surface area contributed by atoms with Crippen molar-refractivity contribution in [3.8, 4) is 16.9 Å². The molecule has 2 rings (SSSR count). The van der Waals surface area contributed by atoms with Gasteiger partial charge in [0, 0.05) is 4.47 Å². The van der Waals surface area contributed by atoms with Crippen molar-refractivity contribution in [1.29, 1.82) is 0 Å². The van der Waals surface area contributed by atoms with Crippen LogP contribution in [0.5, 0.6) is 5.75 Å². The summed E-state index contributed by atoms with van der Waals surface area (Å²) in [5.74, 6) is -0.942. The van der Waals surface area contributed by atoms with Gasteiger partial charge in [0.05, 0.1) is 12.7 Å². The Bertz CT molecular complexity index is 699. The summed E-state index contributed by atoms with van der Waals surface area (Å²) in [5, 5.41) is 0. The van der Waals surface area contributed by atoms with Gasteiger partial charge in [0.25, 0.3) is 0 Å². The number of hydrogen-bond acceptors (Lipinski definition) is 3. The van der Waals surface area contributed by atoms with Crippen LogP contribution in [0.2, 0.25) is 0 Å². The van der Waals surface area contributed by atoms with Crippen LogP contribution in [0.25, 0.3) is 11.1 Å². The first kappa shape index (κ1) is 16.4. The summed E-state index contributed by atoms with van der Waals surface area (Å²) in [4.78, 5) is 11.8. The maximum Gasteiger partial charge on any atom is 0.573 e. The van der Waals surface area contributed by atoms with E-state index in [-0.39, 0.29) is 11.3 Å². The van der Waals surface area contributed by atoms with Crippen LogP contribution in [0.1, 0.15) is 10.4 Å². The summed E-state index contributed by atoms with van der Waals surface area (Å²) in [5.41, 5.74) is 1.10. The molecule has 0 aliphatic heterocycles. The van der Waals surface area contributed by atoms with E-state index in [1.807, 2.05) is 0 Å². The predicted octanol–water partition coefficient (Wildman–Crippen LogP) is 4.80. The minimum atomic E-state index is -4.77. The number of benzene rings is 2. The molecule has 2 aromatic rings. The Morgan fingerprint density at radius 2 is 1.86 bits per heavy atom. The highest BCUT2D eigenvalue weighted by molar-refractivity contribution is 9.10. The number of ether oxygens (including phenoxy) is 2. The summed E-state index contributed by atoms with van der Waals surface area (Å²) < 4.78 is 46.1. The van der Waals surface area contributed by atoms with Crippen molar-refractivity contribution in [1.82, 2.24) is 0 Å². The van der Waals surface area contributed by atoms with Crippen LogP contribution in [0.4, 0.5) is 13.2 Å². The normalized spacial score (nSPS) is 11.1. The highest BCUT2D eigenvalue weighted by Crippen LogP contribution is 2.31. The molecule has 0 bridgehead atoms. The van der Waals surface area contributed by atoms with Crippen LogP contribution in [0.15, 0.2) is 46.9 Å². The number of methoxy groups -OCH3 is 1. The van der Waals surface area contributed by atoms with Crippen LogP contribution in [0, 0.1) is 0 Å². The summed E-state index contributed by atoms with van der Waals surface area (Å²) >= 11 is 3.24. The lowest BCUT2D eigenvalue weighted by Gasteiger charge is -2.12. The Labute approximate surface area is 132 Å². The smallest absolute Gasteiger partial charge is 0.465 e. The van der Waals surface area contributed by atoms with E-state index in [4.69, 9.17) is 4.74 Å². The minimum Gasteiger partial charge on any atom is -0.465 e. The zero-order valence-corrected chi connectivity index (χ0v) is 12.9. The molecule has 0 heterocycles. The van der Waals surface area contributed by atoms with Gasteiger partial charge in [-0.25, -0.2) is 4.79 Å². The molecule has 22 heavy (non-hydrogen) atoms. The molecule has 0 fully saturated rings. The molecule has 0 radical (unpaired) electrons. The average molecular weight is 375 g/mol. The van der Waals surface area contributed by atoms with E-state index < -0.39 is 12.3 Å². The minimum absolute atomic E-state index is 0.237. The Hall–Kier alpha value is -2.02. The molecular weight excluding hydrogens is 365 g/mol. The number of carbonyl (C=O) groups excluding carboxylic acids is 1. The van der Waals surface area contributed by atoms with Gasteiger partial charge >= 0.3 is 12.3 Å². The lowest BCUT2D eigenvalue weighted by molar-refractivity contribution is -0.274. The van der Waals surface area contributed by atoms with Crippen molar-refractivity contribution in [3.63, 3.8) is 0 Å². The van der Waals surface area contributed by atoms with Crippen molar-refractivity contribution < 1.29 is 27.4 Å². The van der Waals surface area contributed by atoms with Crippen molar-refractivity contribution in [2.45, 2.75) is 6.36 Å². The van der Waals surface area contributed by atoms with Crippen LogP contribution < -0.4 is 4.74 Å². The zero-order valence-electron chi connectivity index (χ0n) is 11.3. The summed E-state index contributed by atoms with van der Waals surface area (Å²) in [6.07, 6.45) is -4.77. The highest BCUT2D eigenvalue weighted by Gasteiger charge is 2.31. The number of halogens is 4. The fourth-order valence-corrected chi connectivity index (χ4v) is 2.27. The number of carbonyl (C=O) groups is 1. The lowest BCUT2D eigenvalue weighted by Crippen LogP contribution is -2.17. The topological polar surface area (TPSA) is 35.5 Å². The van der Waals surface area contributed by atoms with E-state index in [1.165, 1.54) is 25.3 Å². The van der Waals surface area contributed by atoms with E-state index in [1.54, 1.807) is 24.3 Å². The Morgan fingerprint density at radius 1 is 1.14 bits per heavy atom. The second-order valence-corrected chi connectivity index (χ2v) is 5.17. The summed E-state index contributed by atoms with van der Waals surface area (Å²) in [6.45, 7) is 0. The Kier molecular flexibility index (Phi) is 4.75. The SMILES string of the molecule is COC(=O)c1cc(Br)ccc1-c1cccc(OC(F)(F)F)c1. The molecule has 0 unspecified atom stereocenters. The number of hydrogen-bond donors (Lipinski definition) is 0. The quantitative estimate of drug-likeness (QED) is 0.723. The van der Waals surface area contributed by atoms with E-state index >= 15 is 0 Å². The average Bonchev–Trinajstić information content (AvgIpc) is 2.44. The summed E-state index contributed by atoms with van der Waals surface area (Å²) in [7, 11) is 1.23. The van der Waals surface area contributed by atoms with E-state index in [2.05, 4.69) is 20.7 Å². The molecular formula is C15H10BrF3O3. The third kappa shape index (κ3) is 4.00. The van der Waals surface area contributed by atoms with Crippen LogP contribution in [-0.2, 0) is 4.74 Å². The molecule has 0 atom stereocenters. The molecule has 3 nitrogen and oxygen atoms in total. The van der Waals surface area contributed by atoms with Crippen LogP contribution >= 0.6 is 15.9 Å². The summed E-state index contributed by atoms with van der Waals surface area (Å²) in [6, 6.07) is 10.2. The van der Waals surface area contributed by atoms with Gasteiger partial charge in [0.15, 0.2) is 0 Å². The molecule has 0 amide bonds. The van der Waals surface area contributed by atoms with E-state index in [9.17, 15) is 18.0 Å². The highest BCUT2D eigenvalue weighted by atomic mass is 79.9. The first-order chi connectivity index (χ1) is 10.3. The maximum atomic E-state index is 12.3. The fraction of sp³-hybridized carbons (Fsp3) is 0.133. The van der Waals surface area contributed by atoms with Gasteiger partial charge in [-0.1, -0.05) is 34.1 Å². The molecule has 0 N–H and O–H groups in total. The Morgan fingerprint density at radius 3 is 2.50 bits per heavy atom. The van der Waals surface area contributed by atoms with Crippen LogP contribution in [-0.4, -0.2) is 19.4 Å². The molecule has 0 aliphatic carbocycles. The van der Waals surface area contributed by atoms with Gasteiger partial charge in [-0.15, -0.1) is 13.2 Å². The number of alkyl halides is 3. The molecule has 7 heteroatoms. The fourth-order valence-electron chi connectivity index (χ4n) is 1.91. The van der Waals surface area contributed by atoms with Gasteiger partial charge in [0.1, 0.15) is 5.75 Å². The molecule has 0 aromatic heterocycles. The predicted molar refractivity (Wildman–Crippen MR) is 77.6 cm³/mol. The van der Waals surface area contributed by atoms with Crippen molar-refractivity contribution in [2.24, 2.45) is 0 Å². The first-order valence-electron chi connectivity index (χ1n) is 6.04. The van der Waals surface area contributed by atoms with Gasteiger partial charge in [0.2, 0.25) is 0 Å². The number of rotatable bonds is 3. The molecule has 2 aromatic carbocycles. The van der Waals surface area contributed by atoms with Crippen molar-refractivity contribution in [3.05, 3.63) is 52.5 Å². The van der Waals surface area contributed by atoms with Gasteiger partial charge in [-0.05, 0) is 35.4 Å². The first-order valence-corrected chi connectivity index (χ1v) is 6.83. The second kappa shape index (κ2) is 6.39. The van der Waals surface area contributed by atoms with Crippen molar-refractivity contribution >= 4 is 21.9 Å². The largest absolute Gasteiger partial charge is 0.573 e. The van der Waals surface area contributed by atoms with Gasteiger partial charge in [-0.2, -0.15) is 0 Å². The maximum absolute atomic E-state index is 12.3. The van der Waals surface area contributed by atoms with Crippen molar-refractivity contribution in [2.75, 3.05) is 7.11 Å². The standard InChI is InChI=1S/C15H10BrF3O3/c1-21-14(20)13-8-10(16)5-6-12(13)9-3-2-4-11(7-9)22-15(17,18)19/h2-8H,1H3. The van der Waals surface area contributed by atoms with Crippen LogP contribution in [0.3, 0.4) is 0 Å². The number of esters is 1. The van der Waals surface area contributed by atoms with Gasteiger partial charge in [-0.3, -0.25) is 0 Å². The monoisotopic (exact) mass is 374 g/mol. The Balaban J connectivity index is 2.48. The molecule has 0 spiro atoms.